The minimum absolute atomic E-state index is 0.706. The molecule has 1 aliphatic rings. The van der Waals surface area contributed by atoms with Gasteiger partial charge in [-0.25, -0.2) is 0 Å². The number of fused-ring (bicyclic) bond motifs is 1. The molecule has 3 rings (SSSR count). The van der Waals surface area contributed by atoms with Gasteiger partial charge in [-0.15, -0.1) is 0 Å². The van der Waals surface area contributed by atoms with E-state index in [1.807, 2.05) is 6.92 Å². The van der Waals surface area contributed by atoms with Crippen LogP contribution in [0.3, 0.4) is 0 Å². The molecular formula is C13H15N3O. The molecule has 0 bridgehead atoms. The number of benzene rings is 1. The third-order valence-corrected chi connectivity index (χ3v) is 3.14. The van der Waals surface area contributed by atoms with E-state index in [1.165, 1.54) is 11.1 Å². The van der Waals surface area contributed by atoms with Gasteiger partial charge in [0.15, 0.2) is 5.82 Å². The van der Waals surface area contributed by atoms with Crippen molar-refractivity contribution in [3.05, 3.63) is 47.1 Å². The normalized spacial score (nSPS) is 15.8. The standard InChI is InChI=1S/C13H15N3O/c1-10-14-13(17-15-10)9-16-7-6-11-4-2-3-5-12(11)8-16/h2-5H,6-9H2,1H3. The predicted molar refractivity (Wildman–Crippen MR) is 63.3 cm³/mol. The molecule has 0 atom stereocenters. The van der Waals surface area contributed by atoms with E-state index in [4.69, 9.17) is 4.52 Å². The lowest BCUT2D eigenvalue weighted by Crippen LogP contribution is -2.30. The molecule has 1 aromatic carbocycles. The maximum Gasteiger partial charge on any atom is 0.240 e. The van der Waals surface area contributed by atoms with Gasteiger partial charge in [-0.2, -0.15) is 4.98 Å². The molecule has 0 amide bonds. The fourth-order valence-corrected chi connectivity index (χ4v) is 2.28. The van der Waals surface area contributed by atoms with Crippen LogP contribution in [0.15, 0.2) is 28.8 Å². The van der Waals surface area contributed by atoms with Gasteiger partial charge < -0.3 is 4.52 Å². The van der Waals surface area contributed by atoms with Crippen LogP contribution < -0.4 is 0 Å². The second-order valence-electron chi connectivity index (χ2n) is 4.46. The van der Waals surface area contributed by atoms with Crippen LogP contribution in [0.2, 0.25) is 0 Å². The lowest BCUT2D eigenvalue weighted by molar-refractivity contribution is 0.210. The fraction of sp³-hybridized carbons (Fsp3) is 0.385. The van der Waals surface area contributed by atoms with Gasteiger partial charge >= 0.3 is 0 Å². The minimum Gasteiger partial charge on any atom is -0.338 e. The molecule has 2 heterocycles. The largest absolute Gasteiger partial charge is 0.338 e. The second kappa shape index (κ2) is 4.30. The Kier molecular flexibility index (Phi) is 2.65. The highest BCUT2D eigenvalue weighted by atomic mass is 16.5. The Morgan fingerprint density at radius 1 is 1.29 bits per heavy atom. The average Bonchev–Trinajstić information content (AvgIpc) is 2.75. The zero-order chi connectivity index (χ0) is 11.7. The molecule has 4 nitrogen and oxygen atoms in total. The summed E-state index contributed by atoms with van der Waals surface area (Å²) in [4.78, 5) is 6.58. The summed E-state index contributed by atoms with van der Waals surface area (Å²) in [6.07, 6.45) is 1.10. The first kappa shape index (κ1) is 10.5. The van der Waals surface area contributed by atoms with E-state index in [0.717, 1.165) is 26.1 Å². The van der Waals surface area contributed by atoms with Gasteiger partial charge in [0.25, 0.3) is 0 Å². The first-order chi connectivity index (χ1) is 8.31. The number of hydrogen-bond acceptors (Lipinski definition) is 4. The highest BCUT2D eigenvalue weighted by molar-refractivity contribution is 5.29. The minimum atomic E-state index is 0.706. The van der Waals surface area contributed by atoms with Crippen molar-refractivity contribution in [2.45, 2.75) is 26.4 Å². The molecule has 0 saturated heterocycles. The third kappa shape index (κ3) is 2.22. The second-order valence-corrected chi connectivity index (χ2v) is 4.46. The number of nitrogens with zero attached hydrogens (tertiary/aromatic N) is 3. The van der Waals surface area contributed by atoms with Crippen LogP contribution >= 0.6 is 0 Å². The molecule has 0 aliphatic carbocycles. The Labute approximate surface area is 100 Å². The smallest absolute Gasteiger partial charge is 0.240 e. The predicted octanol–water partition coefficient (Wildman–Crippen LogP) is 1.94. The maximum atomic E-state index is 5.15. The van der Waals surface area contributed by atoms with Gasteiger partial charge in [0.05, 0.1) is 6.54 Å². The van der Waals surface area contributed by atoms with Gasteiger partial charge in [-0.3, -0.25) is 4.90 Å². The fourth-order valence-electron chi connectivity index (χ4n) is 2.28. The molecule has 0 spiro atoms. The van der Waals surface area contributed by atoms with Crippen LogP contribution in [-0.4, -0.2) is 21.6 Å². The molecule has 1 aromatic heterocycles. The molecule has 2 aromatic rings. The van der Waals surface area contributed by atoms with Gasteiger partial charge in [0.1, 0.15) is 0 Å². The molecule has 17 heavy (non-hydrogen) atoms. The van der Waals surface area contributed by atoms with Gasteiger partial charge in [0.2, 0.25) is 5.89 Å². The topological polar surface area (TPSA) is 42.2 Å². The van der Waals surface area contributed by atoms with Gasteiger partial charge in [-0.1, -0.05) is 29.4 Å². The quantitative estimate of drug-likeness (QED) is 0.789. The Morgan fingerprint density at radius 3 is 2.88 bits per heavy atom. The van der Waals surface area contributed by atoms with Crippen molar-refractivity contribution < 1.29 is 4.52 Å². The highest BCUT2D eigenvalue weighted by Gasteiger charge is 2.17. The number of aromatic nitrogens is 2. The van der Waals surface area contributed by atoms with Crippen molar-refractivity contribution in [1.82, 2.24) is 15.0 Å². The summed E-state index contributed by atoms with van der Waals surface area (Å²) < 4.78 is 5.15. The summed E-state index contributed by atoms with van der Waals surface area (Å²) in [5.41, 5.74) is 2.88. The number of aryl methyl sites for hydroxylation is 1. The summed E-state index contributed by atoms with van der Waals surface area (Å²) >= 11 is 0. The monoisotopic (exact) mass is 229 g/mol. The van der Waals surface area contributed by atoms with Crippen molar-refractivity contribution >= 4 is 0 Å². The molecule has 0 N–H and O–H groups in total. The number of rotatable bonds is 2. The van der Waals surface area contributed by atoms with Crippen LogP contribution in [-0.2, 0) is 19.5 Å². The molecule has 0 unspecified atom stereocenters. The van der Waals surface area contributed by atoms with Crippen LogP contribution in [0.1, 0.15) is 22.8 Å². The summed E-state index contributed by atoms with van der Waals surface area (Å²) in [7, 11) is 0. The van der Waals surface area contributed by atoms with E-state index in [2.05, 4.69) is 39.3 Å². The number of hydrogen-bond donors (Lipinski definition) is 0. The van der Waals surface area contributed by atoms with Crippen molar-refractivity contribution in [3.8, 4) is 0 Å². The molecule has 0 fully saturated rings. The molecule has 1 aliphatic heterocycles. The summed E-state index contributed by atoms with van der Waals surface area (Å²) in [5, 5.41) is 3.81. The summed E-state index contributed by atoms with van der Waals surface area (Å²) in [6, 6.07) is 8.61. The van der Waals surface area contributed by atoms with Crippen LogP contribution in [0.4, 0.5) is 0 Å². The van der Waals surface area contributed by atoms with Crippen molar-refractivity contribution in [1.29, 1.82) is 0 Å². The van der Waals surface area contributed by atoms with Crippen molar-refractivity contribution in [3.63, 3.8) is 0 Å². The zero-order valence-electron chi connectivity index (χ0n) is 9.89. The van der Waals surface area contributed by atoms with E-state index >= 15 is 0 Å². The van der Waals surface area contributed by atoms with Crippen LogP contribution in [0.5, 0.6) is 0 Å². The zero-order valence-corrected chi connectivity index (χ0v) is 9.89. The van der Waals surface area contributed by atoms with E-state index in [-0.39, 0.29) is 0 Å². The summed E-state index contributed by atoms with van der Waals surface area (Å²) in [5.74, 6) is 1.42. The van der Waals surface area contributed by atoms with Crippen LogP contribution in [0.25, 0.3) is 0 Å². The van der Waals surface area contributed by atoms with E-state index in [9.17, 15) is 0 Å². The van der Waals surface area contributed by atoms with Gasteiger partial charge in [-0.05, 0) is 24.5 Å². The summed E-state index contributed by atoms with van der Waals surface area (Å²) in [6.45, 7) is 4.61. The van der Waals surface area contributed by atoms with Crippen molar-refractivity contribution in [2.75, 3.05) is 6.54 Å². The third-order valence-electron chi connectivity index (χ3n) is 3.14. The molecule has 88 valence electrons. The Morgan fingerprint density at radius 2 is 2.12 bits per heavy atom. The SMILES string of the molecule is Cc1noc(CN2CCc3ccccc3C2)n1. The first-order valence-corrected chi connectivity index (χ1v) is 5.89. The Hall–Kier alpha value is -1.68. The molecular weight excluding hydrogens is 214 g/mol. The molecule has 4 heteroatoms. The Bertz CT molecular complexity index is 521. The lowest BCUT2D eigenvalue weighted by Gasteiger charge is -2.27. The molecule has 0 radical (unpaired) electrons. The van der Waals surface area contributed by atoms with E-state index in [0.29, 0.717) is 11.7 Å². The highest BCUT2D eigenvalue weighted by Crippen LogP contribution is 2.19. The van der Waals surface area contributed by atoms with Crippen molar-refractivity contribution in [2.24, 2.45) is 0 Å². The first-order valence-electron chi connectivity index (χ1n) is 5.89. The van der Waals surface area contributed by atoms with Gasteiger partial charge in [0, 0.05) is 13.1 Å². The van der Waals surface area contributed by atoms with E-state index < -0.39 is 0 Å². The van der Waals surface area contributed by atoms with Crippen LogP contribution in [0, 0.1) is 6.92 Å². The van der Waals surface area contributed by atoms with E-state index in [1.54, 1.807) is 0 Å². The Balaban J connectivity index is 1.72. The maximum absolute atomic E-state index is 5.15. The molecule has 0 saturated carbocycles. The average molecular weight is 229 g/mol. The lowest BCUT2D eigenvalue weighted by atomic mass is 10.00.